The molecule has 5 amide bonds. The van der Waals surface area contributed by atoms with E-state index < -0.39 is 23.4 Å². The fourth-order valence-corrected chi connectivity index (χ4v) is 3.86. The van der Waals surface area contributed by atoms with E-state index >= 15 is 0 Å². The lowest BCUT2D eigenvalue weighted by Crippen LogP contribution is -2.51. The van der Waals surface area contributed by atoms with Gasteiger partial charge in [-0.15, -0.1) is 0 Å². The lowest BCUT2D eigenvalue weighted by atomic mass is 9.92. The summed E-state index contributed by atoms with van der Waals surface area (Å²) in [6.07, 6.45) is 0.712. The van der Waals surface area contributed by atoms with Gasteiger partial charge in [-0.2, -0.15) is 5.01 Å². The van der Waals surface area contributed by atoms with E-state index in [2.05, 4.69) is 16.1 Å². The van der Waals surface area contributed by atoms with Gasteiger partial charge >= 0.3 is 6.03 Å². The third kappa shape index (κ3) is 5.96. The van der Waals surface area contributed by atoms with Gasteiger partial charge < -0.3 is 15.4 Å². The molecule has 1 atom stereocenters. The second kappa shape index (κ2) is 11.0. The van der Waals surface area contributed by atoms with Crippen molar-refractivity contribution in [2.45, 2.75) is 32.7 Å². The third-order valence-corrected chi connectivity index (χ3v) is 5.79. The van der Waals surface area contributed by atoms with Crippen molar-refractivity contribution in [1.82, 2.24) is 20.7 Å². The molecule has 1 aliphatic heterocycles. The van der Waals surface area contributed by atoms with Gasteiger partial charge in [-0.25, -0.2) is 4.79 Å². The van der Waals surface area contributed by atoms with Crippen molar-refractivity contribution in [3.05, 3.63) is 59.7 Å². The van der Waals surface area contributed by atoms with Crippen LogP contribution < -0.4 is 20.8 Å². The number of nitrogens with zero attached hydrogens (tertiary/aromatic N) is 2. The number of anilines is 1. The van der Waals surface area contributed by atoms with Gasteiger partial charge in [0.05, 0.1) is 20.2 Å². The third-order valence-electron chi connectivity index (χ3n) is 5.79. The highest BCUT2D eigenvalue weighted by atomic mass is 16.5. The van der Waals surface area contributed by atoms with Crippen LogP contribution in [0.4, 0.5) is 10.5 Å². The SMILES string of the molecule is CCCN(CC(=O)Nc1ccccc1C)CC(=O)NN1C(=O)NC(C)(c2ccc(OC)cc2)C1=O. The lowest BCUT2D eigenvalue weighted by Gasteiger charge is -2.24. The minimum Gasteiger partial charge on any atom is -0.497 e. The molecule has 0 radical (unpaired) electrons. The number of ether oxygens (including phenoxy) is 1. The van der Waals surface area contributed by atoms with Crippen molar-refractivity contribution in [2.24, 2.45) is 0 Å². The van der Waals surface area contributed by atoms with E-state index in [0.29, 0.717) is 35.0 Å². The number of urea groups is 1. The maximum atomic E-state index is 13.1. The first-order valence-corrected chi connectivity index (χ1v) is 11.4. The second-order valence-electron chi connectivity index (χ2n) is 8.53. The van der Waals surface area contributed by atoms with Gasteiger partial charge in [-0.05, 0) is 56.1 Å². The molecule has 186 valence electrons. The molecule has 10 nitrogen and oxygen atoms in total. The Kier molecular flexibility index (Phi) is 8.08. The highest BCUT2D eigenvalue weighted by molar-refractivity contribution is 6.08. The Morgan fingerprint density at radius 2 is 1.71 bits per heavy atom. The molecule has 0 spiro atoms. The first kappa shape index (κ1) is 25.7. The molecule has 1 aliphatic rings. The molecule has 3 rings (SSSR count). The number of nitrogens with one attached hydrogen (secondary N) is 3. The topological polar surface area (TPSA) is 120 Å². The predicted octanol–water partition coefficient (Wildman–Crippen LogP) is 2.15. The van der Waals surface area contributed by atoms with Crippen LogP contribution >= 0.6 is 0 Å². The number of carbonyl (C=O) groups is 4. The van der Waals surface area contributed by atoms with E-state index in [-0.39, 0.29) is 19.0 Å². The van der Waals surface area contributed by atoms with E-state index in [1.54, 1.807) is 36.1 Å². The van der Waals surface area contributed by atoms with Gasteiger partial charge in [0.1, 0.15) is 11.3 Å². The zero-order valence-corrected chi connectivity index (χ0v) is 20.4. The Hall–Kier alpha value is -3.92. The number of methoxy groups -OCH3 is 1. The van der Waals surface area contributed by atoms with Crippen molar-refractivity contribution in [3.8, 4) is 5.75 Å². The maximum Gasteiger partial charge on any atom is 0.344 e. The fourth-order valence-electron chi connectivity index (χ4n) is 3.86. The Morgan fingerprint density at radius 3 is 2.34 bits per heavy atom. The van der Waals surface area contributed by atoms with Crippen molar-refractivity contribution in [1.29, 1.82) is 0 Å². The van der Waals surface area contributed by atoms with Crippen molar-refractivity contribution < 1.29 is 23.9 Å². The molecule has 1 saturated heterocycles. The van der Waals surface area contributed by atoms with E-state index in [4.69, 9.17) is 4.74 Å². The number of aryl methyl sites for hydroxylation is 1. The van der Waals surface area contributed by atoms with Crippen LogP contribution in [0.25, 0.3) is 0 Å². The number of imide groups is 1. The monoisotopic (exact) mass is 481 g/mol. The molecule has 1 unspecified atom stereocenters. The van der Waals surface area contributed by atoms with E-state index in [9.17, 15) is 19.2 Å². The van der Waals surface area contributed by atoms with Crippen LogP contribution in [0.3, 0.4) is 0 Å². The fraction of sp³-hybridized carbons (Fsp3) is 0.360. The number of hydrogen-bond acceptors (Lipinski definition) is 6. The van der Waals surface area contributed by atoms with Crippen molar-refractivity contribution in [2.75, 3.05) is 32.1 Å². The summed E-state index contributed by atoms with van der Waals surface area (Å²) in [4.78, 5) is 52.5. The number of para-hydroxylation sites is 1. The number of benzene rings is 2. The van der Waals surface area contributed by atoms with Gasteiger partial charge in [-0.3, -0.25) is 24.7 Å². The Balaban J connectivity index is 1.62. The molecule has 1 heterocycles. The number of hydrogen-bond donors (Lipinski definition) is 3. The summed E-state index contributed by atoms with van der Waals surface area (Å²) in [5, 5.41) is 6.17. The molecular weight excluding hydrogens is 450 g/mol. The Labute approximate surface area is 204 Å². The van der Waals surface area contributed by atoms with E-state index in [1.165, 1.54) is 7.11 Å². The van der Waals surface area contributed by atoms with Crippen LogP contribution in [-0.4, -0.2) is 60.4 Å². The minimum absolute atomic E-state index is 0.0146. The van der Waals surface area contributed by atoms with Crippen LogP contribution in [0.5, 0.6) is 5.75 Å². The molecule has 0 aliphatic carbocycles. The minimum atomic E-state index is -1.34. The molecule has 0 aromatic heterocycles. The smallest absolute Gasteiger partial charge is 0.344 e. The molecular formula is C25H31N5O5. The Morgan fingerprint density at radius 1 is 1.06 bits per heavy atom. The van der Waals surface area contributed by atoms with Crippen LogP contribution in [0.1, 0.15) is 31.4 Å². The summed E-state index contributed by atoms with van der Waals surface area (Å²) in [7, 11) is 1.53. The zero-order valence-electron chi connectivity index (χ0n) is 20.4. The largest absolute Gasteiger partial charge is 0.497 e. The molecule has 1 fully saturated rings. The van der Waals surface area contributed by atoms with Crippen LogP contribution in [-0.2, 0) is 19.9 Å². The molecule has 0 bridgehead atoms. The first-order valence-electron chi connectivity index (χ1n) is 11.4. The van der Waals surface area contributed by atoms with E-state index in [0.717, 1.165) is 5.56 Å². The van der Waals surface area contributed by atoms with Crippen LogP contribution in [0.15, 0.2) is 48.5 Å². The first-order chi connectivity index (χ1) is 16.7. The number of hydrazine groups is 1. The molecule has 3 N–H and O–H groups in total. The predicted molar refractivity (Wildman–Crippen MR) is 130 cm³/mol. The number of rotatable bonds is 10. The summed E-state index contributed by atoms with van der Waals surface area (Å²) in [6.45, 7) is 5.70. The van der Waals surface area contributed by atoms with Gasteiger partial charge in [0.15, 0.2) is 0 Å². The normalized spacial score (nSPS) is 17.3. The lowest BCUT2D eigenvalue weighted by molar-refractivity contribution is -0.139. The highest BCUT2D eigenvalue weighted by Gasteiger charge is 2.50. The molecule has 35 heavy (non-hydrogen) atoms. The van der Waals surface area contributed by atoms with Gasteiger partial charge in [0.25, 0.3) is 11.8 Å². The average Bonchev–Trinajstić information content (AvgIpc) is 3.04. The van der Waals surface area contributed by atoms with Crippen LogP contribution in [0.2, 0.25) is 0 Å². The summed E-state index contributed by atoms with van der Waals surface area (Å²) in [5.74, 6) is -0.839. The quantitative estimate of drug-likeness (QED) is 0.448. The van der Waals surface area contributed by atoms with Crippen molar-refractivity contribution in [3.63, 3.8) is 0 Å². The van der Waals surface area contributed by atoms with Gasteiger partial charge in [0.2, 0.25) is 5.91 Å². The standard InChI is InChI=1S/C25H31N5O5/c1-5-14-29(15-21(31)26-20-9-7-6-8-17(20)2)16-22(32)28-30-23(33)25(3,27-24(30)34)18-10-12-19(35-4)13-11-18/h6-13H,5,14-16H2,1-4H3,(H,26,31)(H,27,34)(H,28,32). The number of amides is 5. The summed E-state index contributed by atoms with van der Waals surface area (Å²) in [6, 6.07) is 13.4. The summed E-state index contributed by atoms with van der Waals surface area (Å²) in [5.41, 5.74) is 3.23. The maximum absolute atomic E-state index is 13.1. The highest BCUT2D eigenvalue weighted by Crippen LogP contribution is 2.29. The molecule has 0 saturated carbocycles. The molecule has 10 heteroatoms. The van der Waals surface area contributed by atoms with E-state index in [1.807, 2.05) is 38.1 Å². The van der Waals surface area contributed by atoms with Gasteiger partial charge in [-0.1, -0.05) is 37.3 Å². The average molecular weight is 482 g/mol. The van der Waals surface area contributed by atoms with Gasteiger partial charge in [0, 0.05) is 5.69 Å². The van der Waals surface area contributed by atoms with Crippen LogP contribution in [0, 0.1) is 6.92 Å². The number of carbonyl (C=O) groups excluding carboxylic acids is 4. The second-order valence-corrected chi connectivity index (χ2v) is 8.53. The summed E-state index contributed by atoms with van der Waals surface area (Å²) >= 11 is 0. The zero-order chi connectivity index (χ0) is 25.6. The van der Waals surface area contributed by atoms with Crippen molar-refractivity contribution >= 4 is 29.4 Å². The Bertz CT molecular complexity index is 1100. The molecule has 2 aromatic carbocycles. The summed E-state index contributed by atoms with van der Waals surface area (Å²) < 4.78 is 5.14. The molecule has 2 aromatic rings.